The Balaban J connectivity index is 0.000000253. The Bertz CT molecular complexity index is 590. The third-order valence-corrected chi connectivity index (χ3v) is 3.46. The van der Waals surface area contributed by atoms with E-state index in [1.54, 1.807) is 6.92 Å². The van der Waals surface area contributed by atoms with Gasteiger partial charge in [-0.1, -0.05) is 68.4 Å². The summed E-state index contributed by atoms with van der Waals surface area (Å²) in [5.41, 5.74) is 2.71. The minimum Gasteiger partial charge on any atom is -0.390 e. The topological polar surface area (TPSA) is 37.3 Å². The second kappa shape index (κ2) is 8.64. The maximum absolute atomic E-state index is 10.6. The van der Waals surface area contributed by atoms with E-state index in [1.807, 2.05) is 44.2 Å². The third kappa shape index (κ3) is 7.75. The van der Waals surface area contributed by atoms with E-state index < -0.39 is 5.60 Å². The standard InChI is InChI=1S/C13H20O.C8H8O/c1-10(2)12-7-5-11(6-8-12)9-13(3,4)14;1-7(9)8-5-3-2-4-6-8/h5-8,10,14H,9H2,1-4H3;2-6H,1H3. The quantitative estimate of drug-likeness (QED) is 0.806. The van der Waals surface area contributed by atoms with Crippen molar-refractivity contribution in [2.75, 3.05) is 0 Å². The summed E-state index contributed by atoms with van der Waals surface area (Å²) in [5.74, 6) is 0.696. The summed E-state index contributed by atoms with van der Waals surface area (Å²) in [6, 6.07) is 17.7. The van der Waals surface area contributed by atoms with Gasteiger partial charge in [-0.15, -0.1) is 0 Å². The van der Waals surface area contributed by atoms with E-state index in [0.29, 0.717) is 12.3 Å². The lowest BCUT2D eigenvalue weighted by atomic mass is 9.96. The first-order chi connectivity index (χ1) is 10.7. The summed E-state index contributed by atoms with van der Waals surface area (Å²) in [4.78, 5) is 10.6. The van der Waals surface area contributed by atoms with Crippen LogP contribution >= 0.6 is 0 Å². The molecule has 124 valence electrons. The Hall–Kier alpha value is -1.93. The number of carbonyl (C=O) groups excluding carboxylic acids is 1. The molecule has 0 bridgehead atoms. The van der Waals surface area contributed by atoms with Crippen LogP contribution in [0.4, 0.5) is 0 Å². The average Bonchev–Trinajstić information content (AvgIpc) is 2.47. The van der Waals surface area contributed by atoms with Crippen LogP contribution in [0.5, 0.6) is 0 Å². The number of Topliss-reactive ketones (excluding diaryl/α,β-unsaturated/α-hetero) is 1. The summed E-state index contributed by atoms with van der Waals surface area (Å²) in [6.45, 7) is 9.61. The van der Waals surface area contributed by atoms with Gasteiger partial charge in [0.1, 0.15) is 0 Å². The van der Waals surface area contributed by atoms with Gasteiger partial charge in [0, 0.05) is 12.0 Å². The molecule has 2 nitrogen and oxygen atoms in total. The van der Waals surface area contributed by atoms with Crippen molar-refractivity contribution >= 4 is 5.78 Å². The lowest BCUT2D eigenvalue weighted by Crippen LogP contribution is -2.21. The van der Waals surface area contributed by atoms with E-state index in [4.69, 9.17) is 0 Å². The molecule has 0 spiro atoms. The molecule has 0 amide bonds. The van der Waals surface area contributed by atoms with Crippen LogP contribution in [0.1, 0.15) is 62.0 Å². The molecule has 2 heteroatoms. The van der Waals surface area contributed by atoms with Gasteiger partial charge >= 0.3 is 0 Å². The SMILES string of the molecule is CC(=O)c1ccccc1.CC(C)c1ccc(CC(C)(C)O)cc1. The van der Waals surface area contributed by atoms with Crippen molar-refractivity contribution in [1.29, 1.82) is 0 Å². The van der Waals surface area contributed by atoms with E-state index >= 15 is 0 Å². The Labute approximate surface area is 140 Å². The van der Waals surface area contributed by atoms with Gasteiger partial charge in [0.2, 0.25) is 0 Å². The number of carbonyl (C=O) groups is 1. The van der Waals surface area contributed by atoms with Gasteiger partial charge in [-0.2, -0.15) is 0 Å². The van der Waals surface area contributed by atoms with Crippen molar-refractivity contribution in [3.8, 4) is 0 Å². The van der Waals surface area contributed by atoms with Crippen molar-refractivity contribution in [3.05, 3.63) is 71.3 Å². The first-order valence-electron chi connectivity index (χ1n) is 8.06. The highest BCUT2D eigenvalue weighted by molar-refractivity contribution is 5.93. The monoisotopic (exact) mass is 312 g/mol. The van der Waals surface area contributed by atoms with Gasteiger partial charge in [0.15, 0.2) is 5.78 Å². The van der Waals surface area contributed by atoms with Gasteiger partial charge in [0.25, 0.3) is 0 Å². The molecule has 0 aliphatic rings. The van der Waals surface area contributed by atoms with E-state index in [9.17, 15) is 9.90 Å². The zero-order chi connectivity index (χ0) is 17.5. The number of hydrogen-bond acceptors (Lipinski definition) is 2. The highest BCUT2D eigenvalue weighted by Crippen LogP contribution is 2.17. The normalized spacial score (nSPS) is 10.9. The summed E-state index contributed by atoms with van der Waals surface area (Å²) in [5, 5.41) is 9.65. The van der Waals surface area contributed by atoms with E-state index in [1.165, 1.54) is 11.1 Å². The fourth-order valence-corrected chi connectivity index (χ4v) is 2.19. The molecule has 0 unspecified atom stereocenters. The highest BCUT2D eigenvalue weighted by atomic mass is 16.3. The van der Waals surface area contributed by atoms with Crippen LogP contribution in [0, 0.1) is 0 Å². The Morgan fingerprint density at radius 2 is 1.52 bits per heavy atom. The van der Waals surface area contributed by atoms with Gasteiger partial charge < -0.3 is 5.11 Å². The van der Waals surface area contributed by atoms with E-state index in [-0.39, 0.29) is 5.78 Å². The second-order valence-corrected chi connectivity index (χ2v) is 6.81. The molecule has 0 atom stereocenters. The highest BCUT2D eigenvalue weighted by Gasteiger charge is 2.13. The Kier molecular flexibility index (Phi) is 7.18. The molecule has 2 aromatic rings. The molecule has 0 aliphatic heterocycles. The second-order valence-electron chi connectivity index (χ2n) is 6.81. The van der Waals surface area contributed by atoms with Gasteiger partial charge in [-0.3, -0.25) is 4.79 Å². The fraction of sp³-hybridized carbons (Fsp3) is 0.381. The largest absolute Gasteiger partial charge is 0.390 e. The van der Waals surface area contributed by atoms with Crippen LogP contribution in [-0.2, 0) is 6.42 Å². The predicted octanol–water partition coefficient (Wildman–Crippen LogP) is 5.01. The first-order valence-corrected chi connectivity index (χ1v) is 8.06. The third-order valence-electron chi connectivity index (χ3n) is 3.46. The zero-order valence-electron chi connectivity index (χ0n) is 14.8. The van der Waals surface area contributed by atoms with Crippen molar-refractivity contribution in [3.63, 3.8) is 0 Å². The summed E-state index contributed by atoms with van der Waals surface area (Å²) >= 11 is 0. The Morgan fingerprint density at radius 3 is 1.87 bits per heavy atom. The van der Waals surface area contributed by atoms with E-state index in [0.717, 1.165) is 5.56 Å². The fourth-order valence-electron chi connectivity index (χ4n) is 2.19. The molecule has 0 radical (unpaired) electrons. The molecule has 0 fully saturated rings. The Morgan fingerprint density at radius 1 is 1.00 bits per heavy atom. The number of ketones is 1. The summed E-state index contributed by atoms with van der Waals surface area (Å²) in [6.07, 6.45) is 0.714. The van der Waals surface area contributed by atoms with Gasteiger partial charge in [-0.25, -0.2) is 0 Å². The van der Waals surface area contributed by atoms with Crippen LogP contribution < -0.4 is 0 Å². The maximum atomic E-state index is 10.6. The lowest BCUT2D eigenvalue weighted by Gasteiger charge is -2.17. The molecule has 0 saturated heterocycles. The molecule has 0 saturated carbocycles. The van der Waals surface area contributed by atoms with Gasteiger partial charge in [-0.05, 0) is 37.8 Å². The lowest BCUT2D eigenvalue weighted by molar-refractivity contribution is 0.0810. The number of rotatable bonds is 4. The first kappa shape index (κ1) is 19.1. The molecule has 23 heavy (non-hydrogen) atoms. The minimum atomic E-state index is -0.612. The molecule has 2 aromatic carbocycles. The minimum absolute atomic E-state index is 0.121. The van der Waals surface area contributed by atoms with Crippen LogP contribution in [0.25, 0.3) is 0 Å². The van der Waals surface area contributed by atoms with Crippen LogP contribution in [0.3, 0.4) is 0 Å². The number of benzene rings is 2. The van der Waals surface area contributed by atoms with Gasteiger partial charge in [0.05, 0.1) is 5.60 Å². The van der Waals surface area contributed by atoms with E-state index in [2.05, 4.69) is 38.1 Å². The molecule has 0 aromatic heterocycles. The molecule has 0 heterocycles. The molecule has 0 aliphatic carbocycles. The van der Waals surface area contributed by atoms with Crippen molar-refractivity contribution in [2.45, 2.75) is 52.6 Å². The van der Waals surface area contributed by atoms with Crippen molar-refractivity contribution < 1.29 is 9.90 Å². The molecular formula is C21H28O2. The number of aliphatic hydroxyl groups is 1. The average molecular weight is 312 g/mol. The maximum Gasteiger partial charge on any atom is 0.159 e. The molecule has 2 rings (SSSR count). The molecule has 1 N–H and O–H groups in total. The number of hydrogen-bond donors (Lipinski definition) is 1. The smallest absolute Gasteiger partial charge is 0.159 e. The van der Waals surface area contributed by atoms with Crippen LogP contribution in [0.2, 0.25) is 0 Å². The van der Waals surface area contributed by atoms with Crippen LogP contribution in [0.15, 0.2) is 54.6 Å². The van der Waals surface area contributed by atoms with Crippen molar-refractivity contribution in [1.82, 2.24) is 0 Å². The summed E-state index contributed by atoms with van der Waals surface area (Å²) in [7, 11) is 0. The summed E-state index contributed by atoms with van der Waals surface area (Å²) < 4.78 is 0. The van der Waals surface area contributed by atoms with Crippen LogP contribution in [-0.4, -0.2) is 16.5 Å². The molecular weight excluding hydrogens is 284 g/mol. The van der Waals surface area contributed by atoms with Crippen molar-refractivity contribution in [2.24, 2.45) is 0 Å². The predicted molar refractivity (Wildman–Crippen MR) is 97.0 cm³/mol. The zero-order valence-corrected chi connectivity index (χ0v) is 14.8.